The zero-order valence-corrected chi connectivity index (χ0v) is 8.91. The molecule has 0 saturated heterocycles. The molecule has 2 amide bonds. The summed E-state index contributed by atoms with van der Waals surface area (Å²) in [5.41, 5.74) is 0.329. The molecular weight excluding hydrogens is 212 g/mol. The number of carbonyl (C=O) groups is 2. The minimum Gasteiger partial charge on any atom is -0.286 e. The van der Waals surface area contributed by atoms with Crippen LogP contribution in [0, 0.1) is 0 Å². The van der Waals surface area contributed by atoms with Crippen LogP contribution in [0.15, 0.2) is 24.3 Å². The van der Waals surface area contributed by atoms with E-state index < -0.39 is 11.8 Å². The van der Waals surface area contributed by atoms with Gasteiger partial charge in [-0.25, -0.2) is 10.1 Å². The van der Waals surface area contributed by atoms with Gasteiger partial charge in [0.15, 0.2) is 0 Å². The SMILES string of the molecule is CN(O)C(=O)c1cccc(C(=O)N(C)O)c1. The Labute approximate surface area is 92.2 Å². The first-order valence-electron chi connectivity index (χ1n) is 4.47. The van der Waals surface area contributed by atoms with Gasteiger partial charge in [0.2, 0.25) is 0 Å². The Hall–Kier alpha value is -1.92. The number of rotatable bonds is 2. The molecule has 0 spiro atoms. The zero-order chi connectivity index (χ0) is 12.3. The van der Waals surface area contributed by atoms with Gasteiger partial charge in [0.1, 0.15) is 0 Å². The van der Waals surface area contributed by atoms with Gasteiger partial charge in [0.05, 0.1) is 0 Å². The second-order valence-corrected chi connectivity index (χ2v) is 3.24. The summed E-state index contributed by atoms with van der Waals surface area (Å²) < 4.78 is 0. The van der Waals surface area contributed by atoms with Crippen molar-refractivity contribution in [2.24, 2.45) is 0 Å². The molecule has 16 heavy (non-hydrogen) atoms. The Bertz CT molecular complexity index is 380. The molecule has 0 bridgehead atoms. The Morgan fingerprint density at radius 2 is 1.38 bits per heavy atom. The van der Waals surface area contributed by atoms with Crippen LogP contribution in [0.25, 0.3) is 0 Å². The molecule has 0 radical (unpaired) electrons. The summed E-state index contributed by atoms with van der Waals surface area (Å²) in [4.78, 5) is 22.8. The molecule has 1 rings (SSSR count). The third-order valence-corrected chi connectivity index (χ3v) is 1.94. The van der Waals surface area contributed by atoms with E-state index in [0.717, 1.165) is 0 Å². The number of hydrogen-bond donors (Lipinski definition) is 2. The zero-order valence-electron chi connectivity index (χ0n) is 8.91. The topological polar surface area (TPSA) is 81.1 Å². The minimum absolute atomic E-state index is 0.165. The average molecular weight is 224 g/mol. The normalized spacial score (nSPS) is 9.75. The van der Waals surface area contributed by atoms with Crippen LogP contribution in [0.3, 0.4) is 0 Å². The van der Waals surface area contributed by atoms with Gasteiger partial charge in [0, 0.05) is 25.2 Å². The van der Waals surface area contributed by atoms with Gasteiger partial charge in [-0.2, -0.15) is 0 Å². The summed E-state index contributed by atoms with van der Waals surface area (Å²) in [6, 6.07) is 5.71. The predicted molar refractivity (Wildman–Crippen MR) is 54.2 cm³/mol. The fourth-order valence-corrected chi connectivity index (χ4v) is 1.16. The molecule has 2 N–H and O–H groups in total. The molecule has 0 fully saturated rings. The molecule has 86 valence electrons. The maximum absolute atomic E-state index is 11.4. The molecule has 0 aliphatic rings. The number of nitrogens with zero attached hydrogens (tertiary/aromatic N) is 2. The third-order valence-electron chi connectivity index (χ3n) is 1.94. The van der Waals surface area contributed by atoms with E-state index >= 15 is 0 Å². The second-order valence-electron chi connectivity index (χ2n) is 3.24. The van der Waals surface area contributed by atoms with Crippen LogP contribution in [-0.2, 0) is 0 Å². The van der Waals surface area contributed by atoms with Crippen molar-refractivity contribution in [3.05, 3.63) is 35.4 Å². The fourth-order valence-electron chi connectivity index (χ4n) is 1.16. The molecule has 0 heterocycles. The van der Waals surface area contributed by atoms with Gasteiger partial charge in [-0.05, 0) is 18.2 Å². The lowest BCUT2D eigenvalue weighted by atomic mass is 10.1. The summed E-state index contributed by atoms with van der Waals surface area (Å²) >= 11 is 0. The van der Waals surface area contributed by atoms with E-state index in [4.69, 9.17) is 10.4 Å². The van der Waals surface area contributed by atoms with Gasteiger partial charge >= 0.3 is 0 Å². The molecule has 0 unspecified atom stereocenters. The smallest absolute Gasteiger partial charge is 0.276 e. The highest BCUT2D eigenvalue weighted by molar-refractivity contribution is 5.98. The van der Waals surface area contributed by atoms with E-state index in [1.54, 1.807) is 0 Å². The number of benzene rings is 1. The minimum atomic E-state index is -0.629. The molecule has 1 aromatic carbocycles. The van der Waals surface area contributed by atoms with Crippen molar-refractivity contribution in [2.75, 3.05) is 14.1 Å². The van der Waals surface area contributed by atoms with Crippen molar-refractivity contribution in [3.8, 4) is 0 Å². The van der Waals surface area contributed by atoms with Crippen LogP contribution < -0.4 is 0 Å². The van der Waals surface area contributed by atoms with Crippen LogP contribution in [0.4, 0.5) is 0 Å². The molecule has 6 nitrogen and oxygen atoms in total. The van der Waals surface area contributed by atoms with Crippen molar-refractivity contribution >= 4 is 11.8 Å². The molecule has 1 aromatic rings. The van der Waals surface area contributed by atoms with Crippen LogP contribution >= 0.6 is 0 Å². The van der Waals surface area contributed by atoms with Crippen molar-refractivity contribution in [1.82, 2.24) is 10.1 Å². The summed E-state index contributed by atoms with van der Waals surface area (Å²) in [6.07, 6.45) is 0. The summed E-state index contributed by atoms with van der Waals surface area (Å²) in [7, 11) is 2.38. The highest BCUT2D eigenvalue weighted by atomic mass is 16.5. The molecular formula is C10H12N2O4. The number of amides is 2. The van der Waals surface area contributed by atoms with Crippen LogP contribution in [-0.4, -0.2) is 46.5 Å². The van der Waals surface area contributed by atoms with Gasteiger partial charge < -0.3 is 0 Å². The van der Waals surface area contributed by atoms with Crippen LogP contribution in [0.2, 0.25) is 0 Å². The Kier molecular flexibility index (Phi) is 3.60. The largest absolute Gasteiger partial charge is 0.286 e. The van der Waals surface area contributed by atoms with Gasteiger partial charge in [0.25, 0.3) is 11.8 Å². The fraction of sp³-hybridized carbons (Fsp3) is 0.200. The van der Waals surface area contributed by atoms with Crippen LogP contribution in [0.5, 0.6) is 0 Å². The Morgan fingerprint density at radius 3 is 1.69 bits per heavy atom. The first-order valence-corrected chi connectivity index (χ1v) is 4.47. The lowest BCUT2D eigenvalue weighted by molar-refractivity contribution is -0.0382. The monoisotopic (exact) mass is 224 g/mol. The van der Waals surface area contributed by atoms with E-state index in [-0.39, 0.29) is 11.1 Å². The predicted octanol–water partition coefficient (Wildman–Crippen LogP) is 0.609. The quantitative estimate of drug-likeness (QED) is 0.569. The van der Waals surface area contributed by atoms with Gasteiger partial charge in [-0.1, -0.05) is 6.07 Å². The number of hydroxylamine groups is 4. The van der Waals surface area contributed by atoms with Crippen molar-refractivity contribution in [3.63, 3.8) is 0 Å². The molecule has 6 heteroatoms. The van der Waals surface area contributed by atoms with E-state index in [1.807, 2.05) is 0 Å². The van der Waals surface area contributed by atoms with Crippen molar-refractivity contribution < 1.29 is 20.0 Å². The first-order chi connectivity index (χ1) is 7.43. The van der Waals surface area contributed by atoms with E-state index in [2.05, 4.69) is 0 Å². The summed E-state index contributed by atoms with van der Waals surface area (Å²) in [6.45, 7) is 0. The second kappa shape index (κ2) is 4.73. The highest BCUT2D eigenvalue weighted by Crippen LogP contribution is 2.08. The van der Waals surface area contributed by atoms with Gasteiger partial charge in [-0.15, -0.1) is 0 Å². The average Bonchev–Trinajstić information content (AvgIpc) is 2.26. The highest BCUT2D eigenvalue weighted by Gasteiger charge is 2.14. The molecule has 0 saturated carbocycles. The molecule has 0 aromatic heterocycles. The van der Waals surface area contributed by atoms with E-state index in [1.165, 1.54) is 38.4 Å². The third kappa shape index (κ3) is 2.56. The lowest BCUT2D eigenvalue weighted by Gasteiger charge is -2.11. The molecule has 0 aliphatic carbocycles. The standard InChI is InChI=1S/C10H12N2O4/c1-11(15)9(13)7-4-3-5-8(6-7)10(14)12(2)16/h3-6,15-16H,1-2H3. The summed E-state index contributed by atoms with van der Waals surface area (Å²) in [5.74, 6) is -1.26. The lowest BCUT2D eigenvalue weighted by Crippen LogP contribution is -2.25. The van der Waals surface area contributed by atoms with E-state index in [9.17, 15) is 9.59 Å². The first kappa shape index (κ1) is 12.2. The maximum atomic E-state index is 11.4. The molecule has 0 atom stereocenters. The van der Waals surface area contributed by atoms with E-state index in [0.29, 0.717) is 10.1 Å². The number of hydrogen-bond acceptors (Lipinski definition) is 4. The van der Waals surface area contributed by atoms with Crippen molar-refractivity contribution in [1.29, 1.82) is 0 Å². The van der Waals surface area contributed by atoms with Crippen molar-refractivity contribution in [2.45, 2.75) is 0 Å². The number of carbonyl (C=O) groups excluding carboxylic acids is 2. The van der Waals surface area contributed by atoms with Crippen LogP contribution in [0.1, 0.15) is 20.7 Å². The van der Waals surface area contributed by atoms with Gasteiger partial charge in [-0.3, -0.25) is 20.0 Å². The molecule has 0 aliphatic heterocycles. The maximum Gasteiger partial charge on any atom is 0.276 e. The Morgan fingerprint density at radius 1 is 1.00 bits per heavy atom. The summed E-state index contributed by atoms with van der Waals surface area (Å²) in [5, 5.41) is 18.7. The Balaban J connectivity index is 3.05.